The summed E-state index contributed by atoms with van der Waals surface area (Å²) < 4.78 is 1.04. The van der Waals surface area contributed by atoms with Crippen molar-refractivity contribution < 1.29 is 5.11 Å². The van der Waals surface area contributed by atoms with E-state index in [1.165, 1.54) is 32.4 Å². The number of likely N-dealkylation sites (tertiary alicyclic amines) is 1. The Balaban J connectivity index is 1.80. The van der Waals surface area contributed by atoms with Gasteiger partial charge in [0, 0.05) is 11.0 Å². The zero-order valence-corrected chi connectivity index (χ0v) is 14.8. The maximum atomic E-state index is 10.3. The second kappa shape index (κ2) is 8.30. The van der Waals surface area contributed by atoms with E-state index in [1.807, 2.05) is 24.3 Å². The molecule has 2 unspecified atom stereocenters. The Bertz CT molecular complexity index is 435. The van der Waals surface area contributed by atoms with E-state index in [9.17, 15) is 5.11 Å². The molecule has 1 saturated heterocycles. The third-order valence-electron chi connectivity index (χ3n) is 4.76. The molecule has 1 aliphatic heterocycles. The summed E-state index contributed by atoms with van der Waals surface area (Å²) in [5, 5.41) is 10.3. The largest absolute Gasteiger partial charge is 0.388 e. The molecule has 0 saturated carbocycles. The van der Waals surface area contributed by atoms with E-state index in [1.54, 1.807) is 0 Å². The molecule has 2 atom stereocenters. The first-order chi connectivity index (χ1) is 10.1. The predicted molar refractivity (Wildman–Crippen MR) is 92.3 cm³/mol. The van der Waals surface area contributed by atoms with Gasteiger partial charge in [-0.15, -0.1) is 0 Å². The number of benzene rings is 1. The van der Waals surface area contributed by atoms with Gasteiger partial charge in [-0.3, -0.25) is 0 Å². The minimum Gasteiger partial charge on any atom is -0.388 e. The molecule has 1 aliphatic rings. The highest BCUT2D eigenvalue weighted by Crippen LogP contribution is 2.26. The van der Waals surface area contributed by atoms with Gasteiger partial charge in [0.1, 0.15) is 0 Å². The van der Waals surface area contributed by atoms with Crippen molar-refractivity contribution in [3.8, 4) is 0 Å². The van der Waals surface area contributed by atoms with Crippen LogP contribution in [0.3, 0.4) is 0 Å². The number of rotatable bonds is 5. The molecule has 21 heavy (non-hydrogen) atoms. The van der Waals surface area contributed by atoms with E-state index in [0.29, 0.717) is 0 Å². The maximum absolute atomic E-state index is 10.3. The Morgan fingerprint density at radius 3 is 2.81 bits per heavy atom. The number of aliphatic hydroxyl groups excluding tert-OH is 1. The molecule has 0 aromatic heterocycles. The van der Waals surface area contributed by atoms with Crippen LogP contribution in [-0.2, 0) is 0 Å². The molecule has 2 rings (SSSR count). The van der Waals surface area contributed by atoms with Gasteiger partial charge in [0.25, 0.3) is 0 Å². The van der Waals surface area contributed by atoms with Crippen molar-refractivity contribution >= 4 is 15.9 Å². The molecule has 1 N–H and O–H groups in total. The summed E-state index contributed by atoms with van der Waals surface area (Å²) in [7, 11) is 0. The minimum absolute atomic E-state index is 0.355. The van der Waals surface area contributed by atoms with Crippen molar-refractivity contribution in [3.63, 3.8) is 0 Å². The summed E-state index contributed by atoms with van der Waals surface area (Å²) >= 11 is 3.47. The van der Waals surface area contributed by atoms with Gasteiger partial charge >= 0.3 is 0 Å². The van der Waals surface area contributed by atoms with Crippen LogP contribution in [0.25, 0.3) is 0 Å². The molecular weight excluding hydrogens is 326 g/mol. The number of hydrogen-bond donors (Lipinski definition) is 1. The molecule has 2 nitrogen and oxygen atoms in total. The molecule has 0 bridgehead atoms. The Morgan fingerprint density at radius 2 is 2.10 bits per heavy atom. The molecule has 118 valence electrons. The van der Waals surface area contributed by atoms with Gasteiger partial charge in [-0.25, -0.2) is 0 Å². The predicted octanol–water partition coefficient (Wildman–Crippen LogP) is 4.63. The average molecular weight is 354 g/mol. The van der Waals surface area contributed by atoms with E-state index < -0.39 is 0 Å². The van der Waals surface area contributed by atoms with Crippen molar-refractivity contribution in [1.29, 1.82) is 0 Å². The Labute approximate surface area is 137 Å². The van der Waals surface area contributed by atoms with Crippen molar-refractivity contribution in [1.82, 2.24) is 4.90 Å². The van der Waals surface area contributed by atoms with Crippen LogP contribution in [0, 0.1) is 11.8 Å². The highest BCUT2D eigenvalue weighted by Gasteiger charge is 2.20. The van der Waals surface area contributed by atoms with Crippen molar-refractivity contribution in [3.05, 3.63) is 34.3 Å². The fraction of sp³-hybridized carbons (Fsp3) is 0.667. The van der Waals surface area contributed by atoms with Crippen molar-refractivity contribution in [2.75, 3.05) is 19.6 Å². The maximum Gasteiger partial charge on any atom is 0.0802 e. The van der Waals surface area contributed by atoms with Gasteiger partial charge in [0.2, 0.25) is 0 Å². The first-order valence-electron chi connectivity index (χ1n) is 8.22. The zero-order valence-electron chi connectivity index (χ0n) is 13.3. The second-order valence-electron chi connectivity index (χ2n) is 6.64. The number of nitrogens with zero attached hydrogens (tertiary/aromatic N) is 1. The second-order valence-corrected chi connectivity index (χ2v) is 7.55. The normalized spacial score (nSPS) is 22.2. The van der Waals surface area contributed by atoms with E-state index >= 15 is 0 Å². The van der Waals surface area contributed by atoms with Gasteiger partial charge in [0.05, 0.1) is 6.10 Å². The van der Waals surface area contributed by atoms with E-state index in [4.69, 9.17) is 0 Å². The molecule has 1 heterocycles. The summed E-state index contributed by atoms with van der Waals surface area (Å²) in [6.45, 7) is 8.07. The van der Waals surface area contributed by atoms with Gasteiger partial charge < -0.3 is 10.0 Å². The molecule has 1 fully saturated rings. The average Bonchev–Trinajstić information content (AvgIpc) is 2.70. The number of aliphatic hydroxyl groups is 1. The van der Waals surface area contributed by atoms with Crippen LogP contribution in [0.2, 0.25) is 0 Å². The molecule has 0 aliphatic carbocycles. The topological polar surface area (TPSA) is 23.5 Å². The van der Waals surface area contributed by atoms with Crippen LogP contribution in [0.4, 0.5) is 0 Å². The molecule has 0 radical (unpaired) electrons. The Hall–Kier alpha value is -0.380. The third kappa shape index (κ3) is 5.39. The lowest BCUT2D eigenvalue weighted by molar-refractivity contribution is 0.142. The van der Waals surface area contributed by atoms with Crippen LogP contribution in [0.5, 0.6) is 0 Å². The molecule has 1 aromatic carbocycles. The third-order valence-corrected chi connectivity index (χ3v) is 5.25. The lowest BCUT2D eigenvalue weighted by Crippen LogP contribution is -2.27. The fourth-order valence-corrected chi connectivity index (χ4v) is 3.67. The molecule has 0 amide bonds. The summed E-state index contributed by atoms with van der Waals surface area (Å²) in [4.78, 5) is 2.53. The van der Waals surface area contributed by atoms with E-state index in [-0.39, 0.29) is 6.10 Å². The summed E-state index contributed by atoms with van der Waals surface area (Å²) in [5.74, 6) is 1.68. The molecular formula is C18H28BrNO. The van der Waals surface area contributed by atoms with Gasteiger partial charge in [-0.1, -0.05) is 41.9 Å². The smallest absolute Gasteiger partial charge is 0.0802 e. The summed E-state index contributed by atoms with van der Waals surface area (Å²) in [6, 6.07) is 8.01. The quantitative estimate of drug-likeness (QED) is 0.833. The molecule has 0 spiro atoms. The van der Waals surface area contributed by atoms with Crippen LogP contribution >= 0.6 is 15.9 Å². The highest BCUT2D eigenvalue weighted by atomic mass is 79.9. The van der Waals surface area contributed by atoms with Crippen LogP contribution < -0.4 is 0 Å². The standard InChI is InChI=1S/C18H28BrNO/c1-14(2)15-6-4-10-20(11-8-15)12-9-18(21)16-5-3-7-17(19)13-16/h3,5,7,13-15,18,21H,4,6,8-12H2,1-2H3. The SMILES string of the molecule is CC(C)C1CCCN(CCC(O)c2cccc(Br)c2)CC1. The van der Waals surface area contributed by atoms with Crippen molar-refractivity contribution in [2.45, 2.75) is 45.6 Å². The van der Waals surface area contributed by atoms with E-state index in [0.717, 1.165) is 34.8 Å². The fourth-order valence-electron chi connectivity index (χ4n) is 3.26. The highest BCUT2D eigenvalue weighted by molar-refractivity contribution is 9.10. The van der Waals surface area contributed by atoms with Crippen molar-refractivity contribution in [2.24, 2.45) is 11.8 Å². The van der Waals surface area contributed by atoms with Gasteiger partial charge in [-0.05, 0) is 68.3 Å². The summed E-state index contributed by atoms with van der Waals surface area (Å²) in [6.07, 6.45) is 4.44. The van der Waals surface area contributed by atoms with Gasteiger partial charge in [0.15, 0.2) is 0 Å². The minimum atomic E-state index is -0.355. The Morgan fingerprint density at radius 1 is 1.29 bits per heavy atom. The van der Waals surface area contributed by atoms with Crippen LogP contribution in [0.15, 0.2) is 28.7 Å². The molecule has 1 aromatic rings. The lowest BCUT2D eigenvalue weighted by atomic mass is 9.89. The Kier molecular flexibility index (Phi) is 6.72. The first-order valence-corrected chi connectivity index (χ1v) is 9.01. The van der Waals surface area contributed by atoms with Crippen LogP contribution in [-0.4, -0.2) is 29.6 Å². The monoisotopic (exact) mass is 353 g/mol. The lowest BCUT2D eigenvalue weighted by Gasteiger charge is -2.22. The zero-order chi connectivity index (χ0) is 15.2. The number of halogens is 1. The van der Waals surface area contributed by atoms with Gasteiger partial charge in [-0.2, -0.15) is 0 Å². The van der Waals surface area contributed by atoms with E-state index in [2.05, 4.69) is 34.7 Å². The van der Waals surface area contributed by atoms with Crippen LogP contribution in [0.1, 0.15) is 51.2 Å². The summed E-state index contributed by atoms with van der Waals surface area (Å²) in [5.41, 5.74) is 1.01. The number of hydrogen-bond acceptors (Lipinski definition) is 2. The first kappa shape index (κ1) is 17.0. The molecule has 3 heteroatoms.